The Hall–Kier alpha value is -7.71. The molecular formula is C74H75N3O2S2. The highest BCUT2D eigenvalue weighted by Crippen LogP contribution is 2.55. The van der Waals surface area contributed by atoms with Crippen LogP contribution < -0.4 is 14.7 Å². The number of carbonyl (C=O) groups is 2. The number of hydrogen-bond acceptors (Lipinski definition) is 5. The Bertz CT molecular complexity index is 3460. The third-order valence-corrected chi connectivity index (χ3v) is 17.6. The van der Waals surface area contributed by atoms with E-state index in [0.29, 0.717) is 11.4 Å². The lowest BCUT2D eigenvalue weighted by atomic mass is 9.70. The topological polar surface area (TPSA) is 43.9 Å². The van der Waals surface area contributed by atoms with Crippen molar-refractivity contribution in [2.45, 2.75) is 123 Å². The Balaban J connectivity index is 0.868. The zero-order valence-electron chi connectivity index (χ0n) is 47.6. The van der Waals surface area contributed by atoms with E-state index in [1.54, 1.807) is 29.1 Å². The van der Waals surface area contributed by atoms with Crippen molar-refractivity contribution in [1.29, 1.82) is 0 Å². The van der Waals surface area contributed by atoms with Gasteiger partial charge in [-0.3, -0.25) is 19.4 Å². The fourth-order valence-corrected chi connectivity index (χ4v) is 13.1. The predicted octanol–water partition coefficient (Wildman–Crippen LogP) is 20.7. The summed E-state index contributed by atoms with van der Waals surface area (Å²) in [5.74, 6) is -0.917. The fraction of sp³-hybridized carbons (Fsp3) is 0.257. The van der Waals surface area contributed by atoms with Crippen LogP contribution in [0.15, 0.2) is 200 Å². The van der Waals surface area contributed by atoms with E-state index < -0.39 is 11.8 Å². The molecule has 1 aliphatic carbocycles. The van der Waals surface area contributed by atoms with Crippen LogP contribution >= 0.6 is 23.6 Å². The van der Waals surface area contributed by atoms with E-state index in [4.69, 9.17) is 12.2 Å². The number of unbranched alkanes of at least 4 members (excludes halogenated alkanes) is 10. The molecule has 10 rings (SSSR count). The molecule has 5 nitrogen and oxygen atoms in total. The Kier molecular flexibility index (Phi) is 18.6. The van der Waals surface area contributed by atoms with Crippen molar-refractivity contribution in [1.82, 2.24) is 0 Å². The highest BCUT2D eigenvalue weighted by molar-refractivity contribution is 7.81. The van der Waals surface area contributed by atoms with E-state index in [1.165, 1.54) is 139 Å². The van der Waals surface area contributed by atoms with Gasteiger partial charge in [-0.05, 0) is 175 Å². The number of carbonyl (C=O) groups excluding carboxylic acids is 2. The fourth-order valence-electron chi connectivity index (χ4n) is 11.9. The van der Waals surface area contributed by atoms with Gasteiger partial charge >= 0.3 is 0 Å². The summed E-state index contributed by atoms with van der Waals surface area (Å²) in [5.41, 5.74) is 16.7. The quantitative estimate of drug-likeness (QED) is 0.0262. The molecule has 0 radical (unpaired) electrons. The van der Waals surface area contributed by atoms with Gasteiger partial charge in [0, 0.05) is 32.2 Å². The number of aryl methyl sites for hydroxylation is 2. The smallest absolute Gasteiger partial charge is 0.270 e. The summed E-state index contributed by atoms with van der Waals surface area (Å²) in [6, 6.07) is 63.9. The summed E-state index contributed by atoms with van der Waals surface area (Å²) in [6.07, 6.45) is 27.7. The molecule has 0 atom stereocenters. The first-order chi connectivity index (χ1) is 39.6. The summed E-state index contributed by atoms with van der Waals surface area (Å²) in [7, 11) is 0. The minimum Gasteiger partial charge on any atom is -0.311 e. The van der Waals surface area contributed by atoms with Crippen LogP contribution in [0.4, 0.5) is 28.4 Å². The molecule has 0 spiro atoms. The highest BCUT2D eigenvalue weighted by atomic mass is 32.1. The van der Waals surface area contributed by atoms with E-state index in [0.717, 1.165) is 32.4 Å². The Morgan fingerprint density at radius 2 is 0.951 bits per heavy atom. The number of rotatable bonds is 24. The second-order valence-electron chi connectivity index (χ2n) is 22.0. The summed E-state index contributed by atoms with van der Waals surface area (Å²) in [6.45, 7) is 9.03. The van der Waals surface area contributed by atoms with Crippen molar-refractivity contribution in [2.24, 2.45) is 0 Å². The predicted molar refractivity (Wildman–Crippen MR) is 349 cm³/mol. The largest absolute Gasteiger partial charge is 0.311 e. The number of allylic oxidation sites excluding steroid dienone is 2. The van der Waals surface area contributed by atoms with Crippen LogP contribution in [-0.4, -0.2) is 16.9 Å². The minimum absolute atomic E-state index is 0.0287. The van der Waals surface area contributed by atoms with Gasteiger partial charge in [-0.25, -0.2) is 0 Å². The van der Waals surface area contributed by atoms with Crippen molar-refractivity contribution >= 4 is 87.1 Å². The monoisotopic (exact) mass is 1100 g/mol. The average molecular weight is 1100 g/mol. The number of thiocarbonyl (C=S) groups is 1. The van der Waals surface area contributed by atoms with Crippen molar-refractivity contribution in [3.05, 3.63) is 237 Å². The molecule has 1 aromatic heterocycles. The molecule has 7 aromatic carbocycles. The highest BCUT2D eigenvalue weighted by Gasteiger charge is 2.43. The maximum atomic E-state index is 13.9. The lowest BCUT2D eigenvalue weighted by Crippen LogP contribution is -2.57. The maximum Gasteiger partial charge on any atom is 0.270 e. The lowest BCUT2D eigenvalue weighted by molar-refractivity contribution is -0.120. The van der Waals surface area contributed by atoms with Gasteiger partial charge in [0.1, 0.15) is 5.57 Å². The number of fused-ring (bicyclic) bond motifs is 3. The van der Waals surface area contributed by atoms with Gasteiger partial charge in [-0.2, -0.15) is 0 Å². The number of nitrogens with zero attached hydrogens (tertiary/aromatic N) is 3. The average Bonchev–Trinajstić information content (AvgIpc) is 4.08. The molecule has 1 fully saturated rings. The summed E-state index contributed by atoms with van der Waals surface area (Å²) in [5, 5.41) is 0.118. The first-order valence-electron chi connectivity index (χ1n) is 29.5. The molecule has 8 aromatic rings. The molecular weight excluding hydrogens is 1030 g/mol. The molecule has 0 N–H and O–H groups in total. The number of hydrogen-bond donors (Lipinski definition) is 0. The van der Waals surface area contributed by atoms with E-state index in [2.05, 4.69) is 160 Å². The molecule has 0 bridgehead atoms. The van der Waals surface area contributed by atoms with Crippen LogP contribution in [0.2, 0.25) is 0 Å². The number of anilines is 5. The number of thiophene rings is 1. The second kappa shape index (κ2) is 26.7. The molecule has 0 saturated carbocycles. The van der Waals surface area contributed by atoms with Gasteiger partial charge in [0.05, 0.1) is 11.4 Å². The van der Waals surface area contributed by atoms with Crippen LogP contribution in [0.1, 0.15) is 141 Å². The van der Waals surface area contributed by atoms with E-state index in [1.807, 2.05) is 72.8 Å². The van der Waals surface area contributed by atoms with Crippen molar-refractivity contribution < 1.29 is 9.59 Å². The van der Waals surface area contributed by atoms with Gasteiger partial charge in [-0.15, -0.1) is 11.3 Å². The van der Waals surface area contributed by atoms with Crippen LogP contribution in [0.5, 0.6) is 0 Å². The number of benzene rings is 7. The van der Waals surface area contributed by atoms with Crippen LogP contribution in [-0.2, 0) is 15.0 Å². The molecule has 7 heteroatoms. The van der Waals surface area contributed by atoms with Gasteiger partial charge in [0.15, 0.2) is 5.11 Å². The van der Waals surface area contributed by atoms with Gasteiger partial charge in [0.25, 0.3) is 11.8 Å². The second-order valence-corrected chi connectivity index (χ2v) is 23.5. The normalized spacial score (nSPS) is 13.9. The minimum atomic E-state index is -0.459. The molecule has 2 amide bonds. The summed E-state index contributed by atoms with van der Waals surface area (Å²) < 4.78 is 0. The Labute approximate surface area is 491 Å². The zero-order chi connectivity index (χ0) is 56.1. The standard InChI is InChI=1S/C74H75N3O2S2/c1-5-7-9-11-13-21-50-74(51-22-14-12-10-8-6-2)69-52-55(4)32-48-66(69)67-49-38-58(53-70(67)74)57-36-43-63(44-37-57)75(61-39-30-54(3)31-40-61)62-41-33-56(34-42-62)35-45-65-47-46-64(81-65)28-23-29-68-71(78)76(59-24-17-15-18-25-59)73(80)77(72(68)79)60-26-19-16-20-27-60/h15-20,23-49,52-53H,5-14,21-22,50-51H2,1-4H3/b28-23+,45-35+. The molecule has 1 aliphatic heterocycles. The van der Waals surface area contributed by atoms with E-state index >= 15 is 0 Å². The molecule has 1 saturated heterocycles. The Morgan fingerprint density at radius 1 is 0.481 bits per heavy atom. The third-order valence-electron chi connectivity index (χ3n) is 16.2. The summed E-state index contributed by atoms with van der Waals surface area (Å²) >= 11 is 7.40. The van der Waals surface area contributed by atoms with E-state index in [9.17, 15) is 9.59 Å². The number of para-hydroxylation sites is 2. The van der Waals surface area contributed by atoms with E-state index in [-0.39, 0.29) is 16.1 Å². The van der Waals surface area contributed by atoms with Crippen LogP contribution in [0.25, 0.3) is 40.5 Å². The third kappa shape index (κ3) is 12.9. The molecule has 0 unspecified atom stereocenters. The number of amides is 2. The first-order valence-corrected chi connectivity index (χ1v) is 30.7. The molecule has 2 aliphatic rings. The molecule has 81 heavy (non-hydrogen) atoms. The van der Waals surface area contributed by atoms with Gasteiger partial charge in [-0.1, -0.05) is 217 Å². The van der Waals surface area contributed by atoms with Gasteiger partial charge < -0.3 is 4.90 Å². The van der Waals surface area contributed by atoms with Gasteiger partial charge in [0.2, 0.25) is 0 Å². The van der Waals surface area contributed by atoms with Crippen molar-refractivity contribution in [3.63, 3.8) is 0 Å². The Morgan fingerprint density at radius 3 is 1.52 bits per heavy atom. The SMILES string of the molecule is CCCCCCCCC1(CCCCCCCC)c2cc(C)ccc2-c2ccc(-c3ccc(N(c4ccc(C)cc4)c4ccc(/C=C/c5ccc(/C=C/C=C6C(=O)N(c7ccccc7)C(=S)N(c7ccccc7)C6=O)s5)cc4)cc3)cc21. The summed E-state index contributed by atoms with van der Waals surface area (Å²) in [4.78, 5) is 35.1. The lowest BCUT2D eigenvalue weighted by Gasteiger charge is -2.36. The van der Waals surface area contributed by atoms with Crippen molar-refractivity contribution in [2.75, 3.05) is 14.7 Å². The zero-order valence-corrected chi connectivity index (χ0v) is 49.2. The van der Waals surface area contributed by atoms with Crippen LogP contribution in [0, 0.1) is 13.8 Å². The maximum absolute atomic E-state index is 13.9. The first kappa shape index (κ1) is 56.6. The molecule has 2 heterocycles. The molecule has 410 valence electrons. The van der Waals surface area contributed by atoms with Crippen molar-refractivity contribution in [3.8, 4) is 22.3 Å². The van der Waals surface area contributed by atoms with Crippen LogP contribution in [0.3, 0.4) is 0 Å².